The summed E-state index contributed by atoms with van der Waals surface area (Å²) >= 11 is 3.47. The molecule has 1 unspecified atom stereocenters. The molecule has 0 amide bonds. The quantitative estimate of drug-likeness (QED) is 0.747. The third kappa shape index (κ3) is 3.97. The molecule has 3 heterocycles. The Morgan fingerprint density at radius 1 is 1.24 bits per heavy atom. The third-order valence-electron chi connectivity index (χ3n) is 3.23. The molecule has 0 radical (unpaired) electrons. The van der Waals surface area contributed by atoms with E-state index in [1.54, 1.807) is 28.9 Å². The Kier molecular flexibility index (Phi) is 4.75. The highest BCUT2D eigenvalue weighted by Crippen LogP contribution is 2.23. The third-order valence-corrected chi connectivity index (χ3v) is 5.04. The summed E-state index contributed by atoms with van der Waals surface area (Å²) in [5.41, 5.74) is 3.64. The molecule has 5 heteroatoms. The number of aryl methyl sites for hydroxylation is 1. The molecule has 3 rings (SSSR count). The van der Waals surface area contributed by atoms with Crippen LogP contribution in [-0.4, -0.2) is 9.97 Å². The van der Waals surface area contributed by atoms with Crippen molar-refractivity contribution in [3.05, 3.63) is 68.6 Å². The van der Waals surface area contributed by atoms with Crippen LogP contribution < -0.4 is 5.32 Å². The van der Waals surface area contributed by atoms with Crippen molar-refractivity contribution in [1.29, 1.82) is 0 Å². The minimum atomic E-state index is 0.249. The minimum absolute atomic E-state index is 0.249. The highest BCUT2D eigenvalue weighted by molar-refractivity contribution is 7.09. The summed E-state index contributed by atoms with van der Waals surface area (Å²) < 4.78 is 0. The molecule has 3 aromatic rings. The van der Waals surface area contributed by atoms with E-state index < -0.39 is 0 Å². The number of hydrogen-bond acceptors (Lipinski definition) is 5. The molecular weight excluding hydrogens is 298 g/mol. The number of thiophene rings is 1. The predicted molar refractivity (Wildman–Crippen MR) is 88.7 cm³/mol. The molecule has 0 spiro atoms. The first kappa shape index (κ1) is 14.4. The second kappa shape index (κ2) is 6.93. The first-order valence-electron chi connectivity index (χ1n) is 6.86. The first-order chi connectivity index (χ1) is 10.3. The van der Waals surface area contributed by atoms with E-state index in [-0.39, 0.29) is 6.04 Å². The van der Waals surface area contributed by atoms with Crippen LogP contribution in [0.1, 0.15) is 27.9 Å². The van der Waals surface area contributed by atoms with Gasteiger partial charge in [-0.05, 0) is 47.4 Å². The van der Waals surface area contributed by atoms with E-state index in [4.69, 9.17) is 0 Å². The fourth-order valence-corrected chi connectivity index (χ4v) is 3.72. The van der Waals surface area contributed by atoms with Crippen molar-refractivity contribution in [1.82, 2.24) is 15.3 Å². The molecule has 0 aromatic carbocycles. The fourth-order valence-electron chi connectivity index (χ4n) is 2.17. The summed E-state index contributed by atoms with van der Waals surface area (Å²) in [7, 11) is 0. The summed E-state index contributed by atoms with van der Waals surface area (Å²) in [4.78, 5) is 8.81. The summed E-state index contributed by atoms with van der Waals surface area (Å²) in [6.07, 6.45) is 4.68. The largest absolute Gasteiger partial charge is 0.303 e. The van der Waals surface area contributed by atoms with E-state index in [0.717, 1.165) is 23.7 Å². The number of pyridine rings is 1. The Bertz CT molecular complexity index is 662. The van der Waals surface area contributed by atoms with Gasteiger partial charge in [0, 0.05) is 30.0 Å². The zero-order valence-electron chi connectivity index (χ0n) is 11.8. The highest BCUT2D eigenvalue weighted by Gasteiger charge is 2.15. The molecule has 0 bridgehead atoms. The minimum Gasteiger partial charge on any atom is -0.303 e. The maximum Gasteiger partial charge on any atom is 0.110 e. The number of nitrogens with zero attached hydrogens (tertiary/aromatic N) is 2. The molecule has 21 heavy (non-hydrogen) atoms. The zero-order valence-corrected chi connectivity index (χ0v) is 13.5. The summed E-state index contributed by atoms with van der Waals surface area (Å²) in [6, 6.07) is 6.50. The number of aromatic nitrogens is 2. The lowest BCUT2D eigenvalue weighted by atomic mass is 10.1. The van der Waals surface area contributed by atoms with Gasteiger partial charge in [0.15, 0.2) is 0 Å². The maximum atomic E-state index is 4.65. The van der Waals surface area contributed by atoms with Gasteiger partial charge in [-0.15, -0.1) is 11.3 Å². The van der Waals surface area contributed by atoms with Crippen LogP contribution >= 0.6 is 22.7 Å². The second-order valence-electron chi connectivity index (χ2n) is 4.96. The summed E-state index contributed by atoms with van der Waals surface area (Å²) in [5, 5.41) is 11.2. The molecule has 3 aromatic heterocycles. The number of rotatable bonds is 6. The van der Waals surface area contributed by atoms with E-state index in [1.807, 2.05) is 19.2 Å². The molecule has 1 atom stereocenters. The average molecular weight is 315 g/mol. The van der Waals surface area contributed by atoms with Gasteiger partial charge in [0.05, 0.1) is 6.04 Å². The predicted octanol–water partition coefficient (Wildman–Crippen LogP) is 3.98. The Labute approximate surface area is 132 Å². The van der Waals surface area contributed by atoms with E-state index in [0.29, 0.717) is 0 Å². The molecular formula is C16H17N3S2. The molecule has 0 fully saturated rings. The lowest BCUT2D eigenvalue weighted by Gasteiger charge is -2.16. The Balaban J connectivity index is 1.72. The lowest BCUT2D eigenvalue weighted by Crippen LogP contribution is -2.22. The highest BCUT2D eigenvalue weighted by atomic mass is 32.1. The normalized spacial score (nSPS) is 12.4. The van der Waals surface area contributed by atoms with Crippen LogP contribution in [0.5, 0.6) is 0 Å². The van der Waals surface area contributed by atoms with E-state index >= 15 is 0 Å². The lowest BCUT2D eigenvalue weighted by molar-refractivity contribution is 0.527. The van der Waals surface area contributed by atoms with Crippen LogP contribution in [-0.2, 0) is 13.0 Å². The van der Waals surface area contributed by atoms with Crippen molar-refractivity contribution < 1.29 is 0 Å². The monoisotopic (exact) mass is 315 g/mol. The van der Waals surface area contributed by atoms with Gasteiger partial charge in [0.2, 0.25) is 0 Å². The van der Waals surface area contributed by atoms with Gasteiger partial charge >= 0.3 is 0 Å². The van der Waals surface area contributed by atoms with Gasteiger partial charge in [0.1, 0.15) is 5.01 Å². The van der Waals surface area contributed by atoms with Crippen molar-refractivity contribution in [3.8, 4) is 0 Å². The molecule has 0 aliphatic rings. The SMILES string of the molecule is Cc1csc(C(Cc2ccsc2)NCc2cccnc2)n1. The summed E-state index contributed by atoms with van der Waals surface area (Å²) in [6.45, 7) is 2.85. The smallest absolute Gasteiger partial charge is 0.110 e. The van der Waals surface area contributed by atoms with Crippen molar-refractivity contribution in [2.45, 2.75) is 25.9 Å². The van der Waals surface area contributed by atoms with Gasteiger partial charge in [0.25, 0.3) is 0 Å². The van der Waals surface area contributed by atoms with Gasteiger partial charge in [-0.2, -0.15) is 11.3 Å². The first-order valence-corrected chi connectivity index (χ1v) is 8.69. The molecule has 108 valence electrons. The standard InChI is InChI=1S/C16H17N3S2/c1-12-10-21-16(19-12)15(7-13-4-6-20-11-13)18-9-14-3-2-5-17-8-14/h2-6,8,10-11,15,18H,7,9H2,1H3. The summed E-state index contributed by atoms with van der Waals surface area (Å²) in [5.74, 6) is 0. The molecule has 1 N–H and O–H groups in total. The van der Waals surface area contributed by atoms with Gasteiger partial charge in [-0.3, -0.25) is 4.98 Å². The maximum absolute atomic E-state index is 4.65. The molecule has 0 saturated heterocycles. The van der Waals surface area contributed by atoms with Crippen molar-refractivity contribution in [3.63, 3.8) is 0 Å². The van der Waals surface area contributed by atoms with Gasteiger partial charge < -0.3 is 5.32 Å². The number of hydrogen-bond donors (Lipinski definition) is 1. The second-order valence-corrected chi connectivity index (χ2v) is 6.63. The van der Waals surface area contributed by atoms with E-state index in [1.165, 1.54) is 11.1 Å². The topological polar surface area (TPSA) is 37.8 Å². The van der Waals surface area contributed by atoms with Crippen LogP contribution in [0.3, 0.4) is 0 Å². The zero-order chi connectivity index (χ0) is 14.5. The van der Waals surface area contributed by atoms with Crippen molar-refractivity contribution in [2.75, 3.05) is 0 Å². The van der Waals surface area contributed by atoms with Crippen LogP contribution in [0.25, 0.3) is 0 Å². The van der Waals surface area contributed by atoms with Crippen LogP contribution in [0, 0.1) is 6.92 Å². The number of nitrogens with one attached hydrogen (secondary N) is 1. The van der Waals surface area contributed by atoms with Gasteiger partial charge in [-0.25, -0.2) is 4.98 Å². The van der Waals surface area contributed by atoms with Crippen LogP contribution in [0.4, 0.5) is 0 Å². The fraction of sp³-hybridized carbons (Fsp3) is 0.250. The molecule has 0 aliphatic heterocycles. The Morgan fingerprint density at radius 3 is 2.86 bits per heavy atom. The Morgan fingerprint density at radius 2 is 2.19 bits per heavy atom. The molecule has 0 aliphatic carbocycles. The van der Waals surface area contributed by atoms with E-state index in [9.17, 15) is 0 Å². The molecule has 0 saturated carbocycles. The van der Waals surface area contributed by atoms with Crippen molar-refractivity contribution in [2.24, 2.45) is 0 Å². The average Bonchev–Trinajstić information content (AvgIpc) is 3.16. The number of thiazole rings is 1. The Hall–Kier alpha value is -1.56. The van der Waals surface area contributed by atoms with E-state index in [2.05, 4.69) is 43.6 Å². The van der Waals surface area contributed by atoms with Crippen LogP contribution in [0.2, 0.25) is 0 Å². The van der Waals surface area contributed by atoms with Crippen LogP contribution in [0.15, 0.2) is 46.7 Å². The van der Waals surface area contributed by atoms with Crippen molar-refractivity contribution >= 4 is 22.7 Å². The molecule has 3 nitrogen and oxygen atoms in total. The van der Waals surface area contributed by atoms with Gasteiger partial charge in [-0.1, -0.05) is 6.07 Å².